The van der Waals surface area contributed by atoms with Crippen LogP contribution in [0.2, 0.25) is 0 Å². The molecule has 0 fully saturated rings. The van der Waals surface area contributed by atoms with Gasteiger partial charge in [0.1, 0.15) is 28.9 Å². The summed E-state index contributed by atoms with van der Waals surface area (Å²) in [5.74, 6) is -1.95. The number of hydrogen-bond donors (Lipinski definition) is 3. The topological polar surface area (TPSA) is 186 Å². The van der Waals surface area contributed by atoms with Gasteiger partial charge in [-0.25, -0.2) is 9.97 Å². The lowest BCUT2D eigenvalue weighted by Gasteiger charge is -2.14. The zero-order chi connectivity index (χ0) is 52.4. The number of nitrogens with zero attached hydrogens (tertiary/aromatic N) is 4. The van der Waals surface area contributed by atoms with Gasteiger partial charge in [0, 0.05) is 37.7 Å². The molecule has 0 atom stereocenters. The van der Waals surface area contributed by atoms with Gasteiger partial charge in [-0.05, 0) is 111 Å². The van der Waals surface area contributed by atoms with Gasteiger partial charge in [-0.2, -0.15) is 31.3 Å². The average Bonchev–Trinajstić information content (AvgIpc) is 3.34. The number of pyridine rings is 2. The molecule has 5 aromatic carbocycles. The molecular weight excluding hydrogens is 943 g/mol. The minimum Gasteiger partial charge on any atom is -0.438 e. The van der Waals surface area contributed by atoms with E-state index in [1.165, 1.54) is 65.1 Å². The van der Waals surface area contributed by atoms with E-state index >= 15 is 0 Å². The highest BCUT2D eigenvalue weighted by atomic mass is 19.4. The number of aldehydes is 1. The monoisotopic (exact) mass is 992 g/mol. The number of benzene rings is 5. The van der Waals surface area contributed by atoms with Crippen molar-refractivity contribution in [3.05, 3.63) is 213 Å². The Bertz CT molecular complexity index is 3110. The molecule has 0 aliphatic heterocycles. The number of anilines is 1. The van der Waals surface area contributed by atoms with E-state index in [0.717, 1.165) is 60.7 Å². The molecule has 374 valence electrons. The molecule has 0 bridgehead atoms. The normalized spacial score (nSPS) is 10.9. The number of aryl methyl sites for hydroxylation is 5. The second kappa shape index (κ2) is 25.5. The van der Waals surface area contributed by atoms with Gasteiger partial charge in [0.05, 0.1) is 22.8 Å². The molecular formula is C54H50F6N6O6. The number of aromatic nitrogens is 4. The molecule has 3 heterocycles. The summed E-state index contributed by atoms with van der Waals surface area (Å²) in [5.41, 5.74) is 15.9. The van der Waals surface area contributed by atoms with Crippen LogP contribution in [0, 0.1) is 20.8 Å². The van der Waals surface area contributed by atoms with Gasteiger partial charge in [-0.15, -0.1) is 0 Å². The minimum atomic E-state index is -4.61. The lowest BCUT2D eigenvalue weighted by Crippen LogP contribution is -2.13. The van der Waals surface area contributed by atoms with Crippen LogP contribution in [0.5, 0.6) is 23.3 Å². The van der Waals surface area contributed by atoms with Crippen LogP contribution in [0.1, 0.15) is 54.9 Å². The summed E-state index contributed by atoms with van der Waals surface area (Å²) < 4.78 is 90.3. The predicted octanol–water partition coefficient (Wildman–Crippen LogP) is 11.0. The summed E-state index contributed by atoms with van der Waals surface area (Å²) in [6.45, 7) is 6.94. The van der Waals surface area contributed by atoms with Crippen molar-refractivity contribution in [2.24, 2.45) is 5.73 Å². The maximum Gasteiger partial charge on any atom is 0.421 e. The highest BCUT2D eigenvalue weighted by Crippen LogP contribution is 2.38. The second-order valence-electron chi connectivity index (χ2n) is 16.0. The SMILES string of the molecule is Cc1ccc(CC=O)cc1.Cc1ccc(CCO)cc1.Cc1ccc(CCn2cnc(=O)c3cc(Oc4ncccc4C(F)(F)F)ccc32)cc1.NC(=O)c1cc(Oc2ncccc2C(F)(F)F)ccc1N. The first-order valence-corrected chi connectivity index (χ1v) is 22.1. The van der Waals surface area contributed by atoms with Crippen LogP contribution in [0.25, 0.3) is 10.9 Å². The van der Waals surface area contributed by atoms with Crippen molar-refractivity contribution in [1.29, 1.82) is 0 Å². The van der Waals surface area contributed by atoms with Crippen LogP contribution < -0.4 is 26.5 Å². The number of ether oxygens (including phenoxy) is 2. The fourth-order valence-electron chi connectivity index (χ4n) is 6.55. The Balaban J connectivity index is 0.000000201. The number of nitrogens with two attached hydrogens (primary N) is 2. The summed E-state index contributed by atoms with van der Waals surface area (Å²) in [6.07, 6.45) is -2.41. The molecule has 0 unspecified atom stereocenters. The van der Waals surface area contributed by atoms with Crippen molar-refractivity contribution in [3.63, 3.8) is 0 Å². The largest absolute Gasteiger partial charge is 0.438 e. The summed E-state index contributed by atoms with van der Waals surface area (Å²) >= 11 is 0. The van der Waals surface area contributed by atoms with Crippen molar-refractivity contribution < 1.29 is 50.5 Å². The molecule has 5 N–H and O–H groups in total. The molecule has 0 spiro atoms. The number of nitrogen functional groups attached to an aromatic ring is 1. The maximum absolute atomic E-state index is 13.2. The lowest BCUT2D eigenvalue weighted by molar-refractivity contribution is -0.139. The third-order valence-electron chi connectivity index (χ3n) is 10.4. The lowest BCUT2D eigenvalue weighted by atomic mass is 10.1. The van der Waals surface area contributed by atoms with E-state index in [0.29, 0.717) is 18.5 Å². The van der Waals surface area contributed by atoms with E-state index in [1.54, 1.807) is 6.07 Å². The quantitative estimate of drug-likeness (QED) is 0.0604. The zero-order valence-corrected chi connectivity index (χ0v) is 39.2. The number of amides is 1. The second-order valence-corrected chi connectivity index (χ2v) is 16.0. The highest BCUT2D eigenvalue weighted by Gasteiger charge is 2.36. The summed E-state index contributed by atoms with van der Waals surface area (Å²) in [7, 11) is 0. The minimum absolute atomic E-state index is 0.0257. The van der Waals surface area contributed by atoms with Crippen LogP contribution in [0.15, 0.2) is 157 Å². The van der Waals surface area contributed by atoms with E-state index < -0.39 is 46.7 Å². The first kappa shape index (κ1) is 54.6. The number of aliphatic hydroxyl groups is 1. The molecule has 8 rings (SSSR count). The number of primary amides is 1. The molecule has 0 aliphatic carbocycles. The number of aliphatic hydroxyl groups excluding tert-OH is 1. The van der Waals surface area contributed by atoms with Crippen molar-refractivity contribution in [2.75, 3.05) is 12.3 Å². The Kier molecular flexibility index (Phi) is 19.3. The number of fused-ring (bicyclic) bond motifs is 1. The fourth-order valence-corrected chi connectivity index (χ4v) is 6.55. The number of halogens is 6. The van der Waals surface area contributed by atoms with Gasteiger partial charge in [-0.3, -0.25) is 9.59 Å². The van der Waals surface area contributed by atoms with Crippen molar-refractivity contribution >= 4 is 28.8 Å². The molecule has 1 amide bonds. The number of carbonyl (C=O) groups is 2. The first-order valence-electron chi connectivity index (χ1n) is 22.1. The van der Waals surface area contributed by atoms with Crippen molar-refractivity contribution in [2.45, 2.75) is 58.9 Å². The van der Waals surface area contributed by atoms with E-state index in [1.807, 2.05) is 79.1 Å². The molecule has 18 heteroatoms. The van der Waals surface area contributed by atoms with Gasteiger partial charge < -0.3 is 35.4 Å². The van der Waals surface area contributed by atoms with Crippen molar-refractivity contribution in [3.8, 4) is 23.3 Å². The van der Waals surface area contributed by atoms with Gasteiger partial charge in [0.15, 0.2) is 0 Å². The van der Waals surface area contributed by atoms with Gasteiger partial charge >= 0.3 is 12.4 Å². The Morgan fingerprint density at radius 2 is 1.12 bits per heavy atom. The number of rotatable bonds is 12. The smallest absolute Gasteiger partial charge is 0.421 e. The van der Waals surface area contributed by atoms with Gasteiger partial charge in [0.25, 0.3) is 11.5 Å². The maximum atomic E-state index is 13.2. The van der Waals surface area contributed by atoms with E-state index in [-0.39, 0.29) is 34.7 Å². The predicted molar refractivity (Wildman–Crippen MR) is 262 cm³/mol. The van der Waals surface area contributed by atoms with Gasteiger partial charge in [-0.1, -0.05) is 89.5 Å². The van der Waals surface area contributed by atoms with Crippen LogP contribution in [0.3, 0.4) is 0 Å². The standard InChI is InChI=1S/C23H18F3N3O2.C13H10F3N3O2.C9H12O.C9H10O/c1-15-4-6-16(7-5-15)10-12-29-14-28-21(30)18-13-17(8-9-20(18)29)31-22-19(23(24,25)26)3-2-11-27-22;14-13(15,16)9-2-1-5-19-12(9)21-7-3-4-10(17)8(6-7)11(18)20;2*1-8-2-4-9(5-3-8)6-7-10/h2-9,11,13-14H,10,12H2,1H3;1-6H,17H2,(H2,18,20);2-5,10H,6-7H2,1H3;2-5,7H,6H2,1H3. The molecule has 3 aromatic heterocycles. The van der Waals surface area contributed by atoms with E-state index in [9.17, 15) is 40.7 Å². The fraction of sp³-hybridized carbons (Fsp3) is 0.185. The molecule has 72 heavy (non-hydrogen) atoms. The zero-order valence-electron chi connectivity index (χ0n) is 39.2. The van der Waals surface area contributed by atoms with Crippen molar-refractivity contribution in [1.82, 2.24) is 19.5 Å². The van der Waals surface area contributed by atoms with E-state index in [4.69, 9.17) is 26.0 Å². The Labute approximate surface area is 410 Å². The van der Waals surface area contributed by atoms with Crippen LogP contribution >= 0.6 is 0 Å². The first-order chi connectivity index (χ1) is 34.2. The van der Waals surface area contributed by atoms with E-state index in [2.05, 4.69) is 34.0 Å². The summed E-state index contributed by atoms with van der Waals surface area (Å²) in [6, 6.07) is 36.8. The highest BCUT2D eigenvalue weighted by molar-refractivity contribution is 5.98. The molecule has 0 saturated carbocycles. The molecule has 8 aromatic rings. The van der Waals surface area contributed by atoms with Gasteiger partial charge in [0.2, 0.25) is 11.8 Å². The summed E-state index contributed by atoms with van der Waals surface area (Å²) in [4.78, 5) is 44.6. The van der Waals surface area contributed by atoms with Crippen LogP contribution in [-0.2, 0) is 43.0 Å². The number of alkyl halides is 6. The Morgan fingerprint density at radius 1 is 0.653 bits per heavy atom. The third kappa shape index (κ3) is 16.4. The Morgan fingerprint density at radius 3 is 1.60 bits per heavy atom. The summed E-state index contributed by atoms with van der Waals surface area (Å²) in [5, 5.41) is 8.85. The number of hydrogen-bond acceptors (Lipinski definition) is 10. The third-order valence-corrected chi connectivity index (χ3v) is 10.4. The molecule has 0 aliphatic rings. The van der Waals surface area contributed by atoms with Crippen LogP contribution in [-0.4, -0.2) is 43.4 Å². The molecule has 0 saturated heterocycles. The Hall–Kier alpha value is -8.38. The average molecular weight is 993 g/mol. The number of carbonyl (C=O) groups excluding carboxylic acids is 2. The molecule has 12 nitrogen and oxygen atoms in total. The van der Waals surface area contributed by atoms with Crippen LogP contribution in [0.4, 0.5) is 32.0 Å². The molecule has 0 radical (unpaired) electrons.